The summed E-state index contributed by atoms with van der Waals surface area (Å²) in [7, 11) is 1.64. The van der Waals surface area contributed by atoms with Crippen LogP contribution in [-0.4, -0.2) is 25.5 Å². The molecule has 0 unspecified atom stereocenters. The fourth-order valence-electron chi connectivity index (χ4n) is 2.12. The maximum Gasteiger partial charge on any atom is 0.175 e. The lowest BCUT2D eigenvalue weighted by molar-refractivity contribution is 0.145. The van der Waals surface area contributed by atoms with E-state index in [1.807, 2.05) is 32.0 Å². The molecular formula is C15H20N2O3. The van der Waals surface area contributed by atoms with Gasteiger partial charge in [-0.15, -0.1) is 0 Å². The molecule has 0 amide bonds. The molecule has 2 aromatic rings. The Kier molecular flexibility index (Phi) is 4.63. The molecule has 108 valence electrons. The minimum Gasteiger partial charge on any atom is -0.496 e. The first-order valence-electron chi connectivity index (χ1n) is 6.64. The van der Waals surface area contributed by atoms with E-state index in [0.29, 0.717) is 25.5 Å². The summed E-state index contributed by atoms with van der Waals surface area (Å²) in [6, 6.07) is 5.93. The Balaban J connectivity index is 2.41. The highest BCUT2D eigenvalue weighted by atomic mass is 16.5. The molecule has 0 saturated carbocycles. The van der Waals surface area contributed by atoms with Gasteiger partial charge in [-0.1, -0.05) is 16.8 Å². The zero-order chi connectivity index (χ0) is 14.5. The second-order valence-corrected chi connectivity index (χ2v) is 4.52. The first-order chi connectivity index (χ1) is 9.67. The van der Waals surface area contributed by atoms with Gasteiger partial charge in [0.1, 0.15) is 11.5 Å². The van der Waals surface area contributed by atoms with Gasteiger partial charge in [-0.3, -0.25) is 0 Å². The van der Waals surface area contributed by atoms with Gasteiger partial charge in [-0.25, -0.2) is 0 Å². The summed E-state index contributed by atoms with van der Waals surface area (Å²) in [5.41, 5.74) is 8.77. The van der Waals surface area contributed by atoms with Crippen LogP contribution in [0.3, 0.4) is 0 Å². The van der Waals surface area contributed by atoms with E-state index in [-0.39, 0.29) is 0 Å². The number of ether oxygens (including phenoxy) is 2. The van der Waals surface area contributed by atoms with Gasteiger partial charge in [0.05, 0.1) is 19.3 Å². The Morgan fingerprint density at radius 3 is 2.85 bits per heavy atom. The fraction of sp³-hybridized carbons (Fsp3) is 0.400. The number of hydrogen-bond donors (Lipinski definition) is 1. The molecule has 20 heavy (non-hydrogen) atoms. The Labute approximate surface area is 118 Å². The Morgan fingerprint density at radius 1 is 1.35 bits per heavy atom. The lowest BCUT2D eigenvalue weighted by Gasteiger charge is -2.10. The molecule has 0 aliphatic carbocycles. The number of aryl methyl sites for hydroxylation is 1. The van der Waals surface area contributed by atoms with E-state index in [2.05, 4.69) is 5.16 Å². The zero-order valence-corrected chi connectivity index (χ0v) is 12.1. The minimum atomic E-state index is 0.375. The van der Waals surface area contributed by atoms with Gasteiger partial charge >= 0.3 is 0 Å². The summed E-state index contributed by atoms with van der Waals surface area (Å²) in [5.74, 6) is 1.85. The zero-order valence-electron chi connectivity index (χ0n) is 12.1. The molecule has 2 rings (SSSR count). The van der Waals surface area contributed by atoms with Crippen LogP contribution in [-0.2, 0) is 11.2 Å². The number of anilines is 1. The molecule has 1 heterocycles. The molecular weight excluding hydrogens is 256 g/mol. The molecule has 0 radical (unpaired) electrons. The molecule has 0 atom stereocenters. The van der Waals surface area contributed by atoms with Gasteiger partial charge in [0.25, 0.3) is 0 Å². The number of benzene rings is 1. The summed E-state index contributed by atoms with van der Waals surface area (Å²) in [4.78, 5) is 0. The second-order valence-electron chi connectivity index (χ2n) is 4.52. The Morgan fingerprint density at radius 2 is 2.15 bits per heavy atom. The second kappa shape index (κ2) is 6.43. The molecule has 0 spiro atoms. The van der Waals surface area contributed by atoms with E-state index in [4.69, 9.17) is 19.7 Å². The van der Waals surface area contributed by atoms with Crippen molar-refractivity contribution in [3.8, 4) is 16.9 Å². The number of rotatable bonds is 6. The first-order valence-corrected chi connectivity index (χ1v) is 6.64. The maximum absolute atomic E-state index is 5.95. The highest BCUT2D eigenvalue weighted by Crippen LogP contribution is 2.37. The first kappa shape index (κ1) is 14.4. The highest BCUT2D eigenvalue weighted by molar-refractivity contribution is 5.80. The summed E-state index contributed by atoms with van der Waals surface area (Å²) < 4.78 is 16.1. The number of nitrogen functional groups attached to an aromatic ring is 1. The summed E-state index contributed by atoms with van der Waals surface area (Å²) in [5, 5.41) is 3.87. The molecule has 0 saturated heterocycles. The number of nitrogens with zero attached hydrogens (tertiary/aromatic N) is 1. The van der Waals surface area contributed by atoms with E-state index < -0.39 is 0 Å². The van der Waals surface area contributed by atoms with Crippen LogP contribution in [0.2, 0.25) is 0 Å². The van der Waals surface area contributed by atoms with Gasteiger partial charge in [0.2, 0.25) is 0 Å². The van der Waals surface area contributed by atoms with Crippen LogP contribution in [0, 0.1) is 6.92 Å². The maximum atomic E-state index is 5.95. The number of aromatic nitrogens is 1. The topological polar surface area (TPSA) is 70.5 Å². The smallest absolute Gasteiger partial charge is 0.175 e. The predicted molar refractivity (Wildman–Crippen MR) is 77.8 cm³/mol. The van der Waals surface area contributed by atoms with Crippen molar-refractivity contribution in [3.63, 3.8) is 0 Å². The van der Waals surface area contributed by atoms with Crippen LogP contribution in [0.25, 0.3) is 11.1 Å². The van der Waals surface area contributed by atoms with Crippen molar-refractivity contribution in [1.82, 2.24) is 5.16 Å². The molecule has 0 aliphatic rings. The molecule has 5 nitrogen and oxygen atoms in total. The van der Waals surface area contributed by atoms with Crippen molar-refractivity contribution in [1.29, 1.82) is 0 Å². The summed E-state index contributed by atoms with van der Waals surface area (Å²) in [6.07, 6.45) is 0.629. The van der Waals surface area contributed by atoms with Crippen molar-refractivity contribution in [2.45, 2.75) is 20.3 Å². The average molecular weight is 276 g/mol. The van der Waals surface area contributed by atoms with Crippen LogP contribution >= 0.6 is 0 Å². The minimum absolute atomic E-state index is 0.375. The Hall–Kier alpha value is -2.01. The van der Waals surface area contributed by atoms with E-state index >= 15 is 0 Å². The quantitative estimate of drug-likeness (QED) is 0.821. The normalized spacial score (nSPS) is 10.8. The van der Waals surface area contributed by atoms with Gasteiger partial charge in [-0.2, -0.15) is 0 Å². The summed E-state index contributed by atoms with van der Waals surface area (Å²) >= 11 is 0. The lowest BCUT2D eigenvalue weighted by atomic mass is 10.0. The molecule has 0 fully saturated rings. The van der Waals surface area contributed by atoms with Crippen molar-refractivity contribution < 1.29 is 14.0 Å². The van der Waals surface area contributed by atoms with Crippen LogP contribution in [0.15, 0.2) is 22.7 Å². The van der Waals surface area contributed by atoms with E-state index in [0.717, 1.165) is 28.2 Å². The van der Waals surface area contributed by atoms with Gasteiger partial charge < -0.3 is 19.7 Å². The number of hydrogen-bond acceptors (Lipinski definition) is 5. The van der Waals surface area contributed by atoms with Crippen LogP contribution < -0.4 is 10.5 Å². The molecule has 5 heteroatoms. The number of nitrogens with two attached hydrogens (primary N) is 1. The molecule has 0 aliphatic heterocycles. The molecule has 2 N–H and O–H groups in total. The van der Waals surface area contributed by atoms with E-state index in [1.165, 1.54) is 0 Å². The van der Waals surface area contributed by atoms with Gasteiger partial charge in [-0.05, 0) is 26.0 Å². The average Bonchev–Trinajstić information content (AvgIpc) is 2.80. The van der Waals surface area contributed by atoms with Gasteiger partial charge in [0, 0.05) is 18.6 Å². The standard InChI is InChI=1S/C15H20N2O3/c1-4-19-8-7-13-14(15(16)17-20-13)11-9-10(2)5-6-12(11)18-3/h5-6,9H,4,7-8H2,1-3H3,(H2,16,17). The predicted octanol–water partition coefficient (Wildman–Crippen LogP) is 2.82. The van der Waals surface area contributed by atoms with E-state index in [9.17, 15) is 0 Å². The third kappa shape index (κ3) is 2.93. The third-order valence-corrected chi connectivity index (χ3v) is 3.09. The van der Waals surface area contributed by atoms with Crippen molar-refractivity contribution in [2.24, 2.45) is 0 Å². The van der Waals surface area contributed by atoms with Crippen molar-refractivity contribution in [3.05, 3.63) is 29.5 Å². The third-order valence-electron chi connectivity index (χ3n) is 3.09. The SMILES string of the molecule is CCOCCc1onc(N)c1-c1cc(C)ccc1OC. The van der Waals surface area contributed by atoms with E-state index in [1.54, 1.807) is 7.11 Å². The van der Waals surface area contributed by atoms with Crippen LogP contribution in [0.4, 0.5) is 5.82 Å². The van der Waals surface area contributed by atoms with Crippen molar-refractivity contribution in [2.75, 3.05) is 26.1 Å². The van der Waals surface area contributed by atoms with Gasteiger partial charge in [0.15, 0.2) is 5.82 Å². The fourth-order valence-corrected chi connectivity index (χ4v) is 2.12. The van der Waals surface area contributed by atoms with Crippen LogP contribution in [0.5, 0.6) is 5.75 Å². The molecule has 0 bridgehead atoms. The van der Waals surface area contributed by atoms with Crippen LogP contribution in [0.1, 0.15) is 18.2 Å². The largest absolute Gasteiger partial charge is 0.496 e. The summed E-state index contributed by atoms with van der Waals surface area (Å²) in [6.45, 7) is 5.23. The Bertz CT molecular complexity index is 578. The lowest BCUT2D eigenvalue weighted by Crippen LogP contribution is -1.99. The monoisotopic (exact) mass is 276 g/mol. The molecule has 1 aromatic carbocycles. The molecule has 1 aromatic heterocycles. The highest BCUT2D eigenvalue weighted by Gasteiger charge is 2.19. The number of methoxy groups -OCH3 is 1. The van der Waals surface area contributed by atoms with Crippen molar-refractivity contribution >= 4 is 5.82 Å².